The van der Waals surface area contributed by atoms with Crippen LogP contribution in [0.5, 0.6) is 11.5 Å². The zero-order chi connectivity index (χ0) is 15.2. The van der Waals surface area contributed by atoms with Crippen LogP contribution in [0.3, 0.4) is 0 Å². The minimum absolute atomic E-state index is 0.0285. The SMILES string of the molecule is O=Cc1cc(O)ccc1NC(=O)CCc1ccc(O)cc1. The molecule has 1 amide bonds. The molecule has 0 bridgehead atoms. The van der Waals surface area contributed by atoms with Crippen molar-refractivity contribution in [2.45, 2.75) is 12.8 Å². The molecule has 3 N–H and O–H groups in total. The van der Waals surface area contributed by atoms with Crippen molar-refractivity contribution in [2.75, 3.05) is 5.32 Å². The summed E-state index contributed by atoms with van der Waals surface area (Å²) in [5.74, 6) is -0.0704. The van der Waals surface area contributed by atoms with Gasteiger partial charge in [0.15, 0.2) is 6.29 Å². The molecule has 0 aliphatic heterocycles. The second kappa shape index (κ2) is 6.56. The molecule has 2 aromatic rings. The molecule has 21 heavy (non-hydrogen) atoms. The quantitative estimate of drug-likeness (QED) is 0.582. The molecule has 0 heterocycles. The molecular weight excluding hydrogens is 270 g/mol. The number of phenolic OH excluding ortho intramolecular Hbond substituents is 2. The van der Waals surface area contributed by atoms with Crippen LogP contribution < -0.4 is 5.32 Å². The van der Waals surface area contributed by atoms with Gasteiger partial charge in [-0.2, -0.15) is 0 Å². The van der Waals surface area contributed by atoms with Gasteiger partial charge in [-0.1, -0.05) is 12.1 Å². The number of aldehydes is 1. The Labute approximate surface area is 121 Å². The molecule has 0 unspecified atom stereocenters. The third-order valence-corrected chi connectivity index (χ3v) is 3.01. The summed E-state index contributed by atoms with van der Waals surface area (Å²) in [5.41, 5.74) is 1.54. The summed E-state index contributed by atoms with van der Waals surface area (Å²) in [6.07, 6.45) is 1.36. The maximum atomic E-state index is 11.9. The number of hydrogen-bond donors (Lipinski definition) is 3. The molecule has 0 spiro atoms. The van der Waals surface area contributed by atoms with E-state index in [9.17, 15) is 19.8 Å². The van der Waals surface area contributed by atoms with Gasteiger partial charge in [-0.15, -0.1) is 0 Å². The van der Waals surface area contributed by atoms with E-state index in [-0.39, 0.29) is 29.4 Å². The lowest BCUT2D eigenvalue weighted by molar-refractivity contribution is -0.116. The number of carbonyl (C=O) groups is 2. The number of aromatic hydroxyl groups is 2. The Bertz CT molecular complexity index is 650. The topological polar surface area (TPSA) is 86.6 Å². The molecule has 2 rings (SSSR count). The molecule has 0 aromatic heterocycles. The summed E-state index contributed by atoms with van der Waals surface area (Å²) < 4.78 is 0. The smallest absolute Gasteiger partial charge is 0.224 e. The van der Waals surface area contributed by atoms with Crippen LogP contribution in [0.25, 0.3) is 0 Å². The average Bonchev–Trinajstić information content (AvgIpc) is 2.48. The van der Waals surface area contributed by atoms with Crippen molar-refractivity contribution in [2.24, 2.45) is 0 Å². The van der Waals surface area contributed by atoms with Crippen molar-refractivity contribution in [3.63, 3.8) is 0 Å². The summed E-state index contributed by atoms with van der Waals surface area (Å²) in [4.78, 5) is 22.8. The van der Waals surface area contributed by atoms with E-state index in [0.717, 1.165) is 5.56 Å². The highest BCUT2D eigenvalue weighted by atomic mass is 16.3. The lowest BCUT2D eigenvalue weighted by Crippen LogP contribution is -2.13. The van der Waals surface area contributed by atoms with Crippen LogP contribution in [0.15, 0.2) is 42.5 Å². The number of amides is 1. The number of phenols is 2. The number of hydrogen-bond acceptors (Lipinski definition) is 4. The maximum absolute atomic E-state index is 11.9. The van der Waals surface area contributed by atoms with Crippen molar-refractivity contribution in [3.8, 4) is 11.5 Å². The normalized spacial score (nSPS) is 10.1. The van der Waals surface area contributed by atoms with E-state index in [4.69, 9.17) is 0 Å². The summed E-state index contributed by atoms with van der Waals surface area (Å²) in [7, 11) is 0. The second-order valence-electron chi connectivity index (χ2n) is 4.60. The zero-order valence-electron chi connectivity index (χ0n) is 11.2. The summed E-state index contributed by atoms with van der Waals surface area (Å²) in [5, 5.41) is 21.1. The molecule has 5 nitrogen and oxygen atoms in total. The van der Waals surface area contributed by atoms with Gasteiger partial charge < -0.3 is 15.5 Å². The number of nitrogens with one attached hydrogen (secondary N) is 1. The monoisotopic (exact) mass is 285 g/mol. The summed E-state index contributed by atoms with van der Waals surface area (Å²) in [6, 6.07) is 10.8. The first-order valence-electron chi connectivity index (χ1n) is 6.44. The fraction of sp³-hybridized carbons (Fsp3) is 0.125. The fourth-order valence-corrected chi connectivity index (χ4v) is 1.89. The Morgan fingerprint density at radius 1 is 1.05 bits per heavy atom. The van der Waals surface area contributed by atoms with Gasteiger partial charge in [-0.25, -0.2) is 0 Å². The van der Waals surface area contributed by atoms with E-state index >= 15 is 0 Å². The minimum Gasteiger partial charge on any atom is -0.508 e. The molecule has 0 aliphatic carbocycles. The van der Waals surface area contributed by atoms with Gasteiger partial charge in [-0.05, 0) is 42.3 Å². The molecule has 0 atom stereocenters. The van der Waals surface area contributed by atoms with Gasteiger partial charge >= 0.3 is 0 Å². The van der Waals surface area contributed by atoms with Gasteiger partial charge in [0.2, 0.25) is 5.91 Å². The molecule has 2 aromatic carbocycles. The van der Waals surface area contributed by atoms with Crippen LogP contribution in [-0.4, -0.2) is 22.4 Å². The van der Waals surface area contributed by atoms with Crippen LogP contribution in [0.2, 0.25) is 0 Å². The predicted molar refractivity (Wildman–Crippen MR) is 78.6 cm³/mol. The van der Waals surface area contributed by atoms with Crippen molar-refractivity contribution in [1.82, 2.24) is 0 Å². The van der Waals surface area contributed by atoms with E-state index in [1.54, 1.807) is 24.3 Å². The molecule has 0 fully saturated rings. The fourth-order valence-electron chi connectivity index (χ4n) is 1.89. The zero-order valence-corrected chi connectivity index (χ0v) is 11.2. The van der Waals surface area contributed by atoms with Crippen molar-refractivity contribution in [3.05, 3.63) is 53.6 Å². The van der Waals surface area contributed by atoms with Crippen LogP contribution in [0.1, 0.15) is 22.3 Å². The largest absolute Gasteiger partial charge is 0.508 e. The van der Waals surface area contributed by atoms with Crippen molar-refractivity contribution >= 4 is 17.9 Å². The number of carbonyl (C=O) groups excluding carboxylic acids is 2. The number of aryl methyl sites for hydroxylation is 1. The third-order valence-electron chi connectivity index (χ3n) is 3.01. The maximum Gasteiger partial charge on any atom is 0.224 e. The highest BCUT2D eigenvalue weighted by molar-refractivity contribution is 5.96. The van der Waals surface area contributed by atoms with E-state index in [2.05, 4.69) is 5.32 Å². The molecule has 5 heteroatoms. The van der Waals surface area contributed by atoms with Crippen molar-refractivity contribution in [1.29, 1.82) is 0 Å². The lowest BCUT2D eigenvalue weighted by atomic mass is 10.1. The Morgan fingerprint density at radius 2 is 1.71 bits per heavy atom. The minimum atomic E-state index is -0.225. The van der Waals surface area contributed by atoms with E-state index in [0.29, 0.717) is 18.4 Å². The number of anilines is 1. The molecule has 108 valence electrons. The number of benzene rings is 2. The average molecular weight is 285 g/mol. The molecule has 0 saturated heterocycles. The number of rotatable bonds is 5. The van der Waals surface area contributed by atoms with Crippen LogP contribution in [0, 0.1) is 0 Å². The van der Waals surface area contributed by atoms with Gasteiger partial charge in [0, 0.05) is 12.0 Å². The Balaban J connectivity index is 1.95. The lowest BCUT2D eigenvalue weighted by Gasteiger charge is -2.08. The van der Waals surface area contributed by atoms with Crippen molar-refractivity contribution < 1.29 is 19.8 Å². The Kier molecular flexibility index (Phi) is 4.56. The molecule has 0 radical (unpaired) electrons. The van der Waals surface area contributed by atoms with Crippen LogP contribution in [0.4, 0.5) is 5.69 Å². The molecule has 0 saturated carbocycles. The first kappa shape index (κ1) is 14.6. The highest BCUT2D eigenvalue weighted by Crippen LogP contribution is 2.20. The van der Waals surface area contributed by atoms with Gasteiger partial charge in [-0.3, -0.25) is 9.59 Å². The van der Waals surface area contributed by atoms with Gasteiger partial charge in [0.1, 0.15) is 11.5 Å². The van der Waals surface area contributed by atoms with E-state index in [1.165, 1.54) is 18.2 Å². The van der Waals surface area contributed by atoms with Crippen LogP contribution >= 0.6 is 0 Å². The standard InChI is InChI=1S/C16H15NO4/c18-10-12-9-14(20)6-7-15(12)17-16(21)8-3-11-1-4-13(19)5-2-11/h1-2,4-7,9-10,19-20H,3,8H2,(H,17,21). The van der Waals surface area contributed by atoms with Gasteiger partial charge in [0.05, 0.1) is 5.69 Å². The third kappa shape index (κ3) is 4.07. The first-order valence-corrected chi connectivity index (χ1v) is 6.44. The Morgan fingerprint density at radius 3 is 2.38 bits per heavy atom. The first-order chi connectivity index (χ1) is 10.1. The highest BCUT2D eigenvalue weighted by Gasteiger charge is 2.08. The molecular formula is C16H15NO4. The Hall–Kier alpha value is -2.82. The predicted octanol–water partition coefficient (Wildman–Crippen LogP) is 2.48. The molecule has 0 aliphatic rings. The van der Waals surface area contributed by atoms with E-state index < -0.39 is 0 Å². The second-order valence-corrected chi connectivity index (χ2v) is 4.60. The summed E-state index contributed by atoms with van der Waals surface area (Å²) in [6.45, 7) is 0. The van der Waals surface area contributed by atoms with E-state index in [1.807, 2.05) is 0 Å². The summed E-state index contributed by atoms with van der Waals surface area (Å²) >= 11 is 0. The van der Waals surface area contributed by atoms with Crippen LogP contribution in [-0.2, 0) is 11.2 Å². The van der Waals surface area contributed by atoms with Gasteiger partial charge in [0.25, 0.3) is 0 Å².